The highest BCUT2D eigenvalue weighted by Crippen LogP contribution is 2.08. The second kappa shape index (κ2) is 5.16. The summed E-state index contributed by atoms with van der Waals surface area (Å²) in [5.41, 5.74) is 0. The first kappa shape index (κ1) is 8.57. The summed E-state index contributed by atoms with van der Waals surface area (Å²) in [6.45, 7) is 0.763. The highest BCUT2D eigenvalue weighted by molar-refractivity contribution is 5.75. The number of rotatable bonds is 0. The lowest BCUT2D eigenvalue weighted by atomic mass is 10.1. The third-order valence-electron chi connectivity index (χ3n) is 2.09. The van der Waals surface area contributed by atoms with Crippen LogP contribution in [0, 0.1) is 0 Å². The van der Waals surface area contributed by atoms with Crippen molar-refractivity contribution in [3.63, 3.8) is 0 Å². The van der Waals surface area contributed by atoms with Crippen LogP contribution in [0.4, 0.5) is 0 Å². The molecule has 0 unspecified atom stereocenters. The van der Waals surface area contributed by atoms with Gasteiger partial charge in [-0.05, 0) is 12.8 Å². The summed E-state index contributed by atoms with van der Waals surface area (Å²) in [6.07, 6.45) is 7.91. The zero-order valence-corrected chi connectivity index (χ0v) is 7.01. The fraction of sp³-hybridized carbons (Fsp3) is 0.889. The molecule has 2 nitrogen and oxygen atoms in total. The summed E-state index contributed by atoms with van der Waals surface area (Å²) in [7, 11) is 0. The van der Waals surface area contributed by atoms with Crippen molar-refractivity contribution in [2.75, 3.05) is 6.54 Å². The molecule has 1 rings (SSSR count). The van der Waals surface area contributed by atoms with Crippen LogP contribution in [-0.4, -0.2) is 12.5 Å². The fourth-order valence-electron chi connectivity index (χ4n) is 1.38. The van der Waals surface area contributed by atoms with Gasteiger partial charge in [-0.3, -0.25) is 10.1 Å². The minimum atomic E-state index is 0.118. The third-order valence-corrected chi connectivity index (χ3v) is 2.09. The molecule has 1 aliphatic rings. The molecule has 0 bridgehead atoms. The molecule has 0 spiro atoms. The number of hydrogen-bond donors (Lipinski definition) is 0. The molecule has 0 aromatic heterocycles. The molecule has 1 fully saturated rings. The molecule has 63 valence electrons. The molecule has 0 atom stereocenters. The number of nitrogens with zero attached hydrogens (tertiary/aromatic N) is 1. The molecule has 0 aromatic carbocycles. The maximum Gasteiger partial charge on any atom is 0.241 e. The van der Waals surface area contributed by atoms with Gasteiger partial charge < -0.3 is 0 Å². The van der Waals surface area contributed by atoms with Crippen LogP contribution in [0.5, 0.6) is 0 Å². The Balaban J connectivity index is 2.17. The van der Waals surface area contributed by atoms with Gasteiger partial charge >= 0.3 is 0 Å². The number of carbonyl (C=O) groups excluding carboxylic acids is 1. The monoisotopic (exact) mass is 154 g/mol. The molecule has 11 heavy (non-hydrogen) atoms. The topological polar surface area (TPSA) is 31.2 Å². The van der Waals surface area contributed by atoms with Crippen LogP contribution in [0.1, 0.15) is 44.9 Å². The lowest BCUT2D eigenvalue weighted by Crippen LogP contribution is -2.16. The molecule has 0 aliphatic carbocycles. The molecule has 1 aliphatic heterocycles. The van der Waals surface area contributed by atoms with Gasteiger partial charge in [0.2, 0.25) is 5.91 Å². The van der Waals surface area contributed by atoms with E-state index >= 15 is 0 Å². The van der Waals surface area contributed by atoms with E-state index in [9.17, 15) is 4.79 Å². The van der Waals surface area contributed by atoms with E-state index in [1.165, 1.54) is 25.7 Å². The first-order chi connectivity index (χ1) is 5.39. The minimum Gasteiger partial charge on any atom is -0.273 e. The van der Waals surface area contributed by atoms with Crippen molar-refractivity contribution >= 4 is 5.91 Å². The van der Waals surface area contributed by atoms with E-state index in [-0.39, 0.29) is 5.91 Å². The summed E-state index contributed by atoms with van der Waals surface area (Å²) in [5, 5.41) is 3.95. The maximum atomic E-state index is 10.9. The van der Waals surface area contributed by atoms with Gasteiger partial charge in [0, 0.05) is 13.0 Å². The van der Waals surface area contributed by atoms with Gasteiger partial charge in [0.1, 0.15) is 0 Å². The first-order valence-electron chi connectivity index (χ1n) is 4.60. The van der Waals surface area contributed by atoms with Gasteiger partial charge in [0.15, 0.2) is 0 Å². The summed E-state index contributed by atoms with van der Waals surface area (Å²) in [6, 6.07) is 0. The van der Waals surface area contributed by atoms with E-state index in [2.05, 4.69) is 5.32 Å². The van der Waals surface area contributed by atoms with Crippen LogP contribution in [-0.2, 0) is 4.79 Å². The molecule has 1 saturated heterocycles. The predicted octanol–water partition coefficient (Wildman–Crippen LogP) is 1.86. The Labute approximate surface area is 68.4 Å². The number of amides is 1. The molecular formula is C9H16NO. The molecular weight excluding hydrogens is 138 g/mol. The highest BCUT2D eigenvalue weighted by atomic mass is 16.1. The van der Waals surface area contributed by atoms with E-state index in [0.717, 1.165) is 19.4 Å². The van der Waals surface area contributed by atoms with Crippen molar-refractivity contribution in [1.29, 1.82) is 0 Å². The van der Waals surface area contributed by atoms with Crippen molar-refractivity contribution in [1.82, 2.24) is 5.32 Å². The van der Waals surface area contributed by atoms with Crippen molar-refractivity contribution in [2.24, 2.45) is 0 Å². The second-order valence-electron chi connectivity index (χ2n) is 3.15. The standard InChI is InChI=1S/C9H16NO/c11-9-7-5-3-1-2-4-6-8-10-9/h1-8H2. The van der Waals surface area contributed by atoms with Gasteiger partial charge in [-0.15, -0.1) is 0 Å². The SMILES string of the molecule is O=C1CCCCCCCC[N]1. The summed E-state index contributed by atoms with van der Waals surface area (Å²) >= 11 is 0. The van der Waals surface area contributed by atoms with Gasteiger partial charge in [-0.25, -0.2) is 0 Å². The van der Waals surface area contributed by atoms with E-state index in [4.69, 9.17) is 0 Å². The van der Waals surface area contributed by atoms with Crippen molar-refractivity contribution in [3.05, 3.63) is 0 Å². The van der Waals surface area contributed by atoms with Crippen molar-refractivity contribution in [3.8, 4) is 0 Å². The average Bonchev–Trinajstić information content (AvgIpc) is 2.03. The normalized spacial score (nSPS) is 22.4. The Hall–Kier alpha value is -0.530. The van der Waals surface area contributed by atoms with Crippen LogP contribution in [0.15, 0.2) is 0 Å². The third kappa shape index (κ3) is 4.02. The first-order valence-corrected chi connectivity index (χ1v) is 4.60. The molecule has 1 heterocycles. The zero-order valence-electron chi connectivity index (χ0n) is 7.01. The average molecular weight is 154 g/mol. The largest absolute Gasteiger partial charge is 0.273 e. The van der Waals surface area contributed by atoms with Gasteiger partial charge in [-0.2, -0.15) is 0 Å². The molecule has 1 radical (unpaired) electrons. The Morgan fingerprint density at radius 3 is 2.36 bits per heavy atom. The lowest BCUT2D eigenvalue weighted by molar-refractivity contribution is -0.121. The predicted molar refractivity (Wildman–Crippen MR) is 44.3 cm³/mol. The van der Waals surface area contributed by atoms with Crippen LogP contribution in [0.2, 0.25) is 0 Å². The van der Waals surface area contributed by atoms with E-state index in [0.29, 0.717) is 6.42 Å². The van der Waals surface area contributed by atoms with E-state index in [1.807, 2.05) is 0 Å². The second-order valence-corrected chi connectivity index (χ2v) is 3.15. The van der Waals surface area contributed by atoms with Gasteiger partial charge in [0.05, 0.1) is 0 Å². The molecule has 2 heteroatoms. The van der Waals surface area contributed by atoms with Gasteiger partial charge in [-0.1, -0.05) is 25.7 Å². The Morgan fingerprint density at radius 1 is 0.909 bits per heavy atom. The molecule has 0 aromatic rings. The maximum absolute atomic E-state index is 10.9. The minimum absolute atomic E-state index is 0.118. The zero-order chi connectivity index (χ0) is 7.94. The van der Waals surface area contributed by atoms with E-state index in [1.54, 1.807) is 0 Å². The van der Waals surface area contributed by atoms with Crippen LogP contribution in [0.25, 0.3) is 0 Å². The molecule has 0 saturated carbocycles. The van der Waals surface area contributed by atoms with Crippen LogP contribution in [0.3, 0.4) is 0 Å². The summed E-state index contributed by atoms with van der Waals surface area (Å²) < 4.78 is 0. The van der Waals surface area contributed by atoms with E-state index < -0.39 is 0 Å². The van der Waals surface area contributed by atoms with Crippen LogP contribution >= 0.6 is 0 Å². The van der Waals surface area contributed by atoms with Crippen molar-refractivity contribution < 1.29 is 4.79 Å². The van der Waals surface area contributed by atoms with Crippen molar-refractivity contribution in [2.45, 2.75) is 44.9 Å². The quantitative estimate of drug-likeness (QED) is 0.524. The lowest BCUT2D eigenvalue weighted by Gasteiger charge is -2.05. The Morgan fingerprint density at radius 2 is 1.55 bits per heavy atom. The molecule has 1 amide bonds. The molecule has 0 N–H and O–H groups in total. The highest BCUT2D eigenvalue weighted by Gasteiger charge is 2.03. The number of hydrogen-bond acceptors (Lipinski definition) is 1. The Kier molecular flexibility index (Phi) is 4.02. The smallest absolute Gasteiger partial charge is 0.241 e. The van der Waals surface area contributed by atoms with Gasteiger partial charge in [0.25, 0.3) is 0 Å². The van der Waals surface area contributed by atoms with Crippen LogP contribution < -0.4 is 5.32 Å². The number of carbonyl (C=O) groups is 1. The summed E-state index contributed by atoms with van der Waals surface area (Å²) in [4.78, 5) is 10.9. The summed E-state index contributed by atoms with van der Waals surface area (Å²) in [5.74, 6) is 0.118. The fourth-order valence-corrected chi connectivity index (χ4v) is 1.38. The Bertz CT molecular complexity index is 111.